The lowest BCUT2D eigenvalue weighted by Gasteiger charge is -2.10. The first kappa shape index (κ1) is 14.3. The molecule has 2 rings (SSSR count). The summed E-state index contributed by atoms with van der Waals surface area (Å²) in [4.78, 5) is 22.6. The molecule has 0 aliphatic rings. The van der Waals surface area contributed by atoms with Crippen LogP contribution in [0.5, 0.6) is 17.2 Å². The van der Waals surface area contributed by atoms with Crippen molar-refractivity contribution in [2.45, 2.75) is 6.04 Å². The lowest BCUT2D eigenvalue weighted by molar-refractivity contribution is -0.511. The van der Waals surface area contributed by atoms with E-state index in [4.69, 9.17) is 5.11 Å². The minimum atomic E-state index is -1.76. The van der Waals surface area contributed by atoms with Crippen molar-refractivity contribution in [3.05, 3.63) is 63.7 Å². The molecule has 0 amide bonds. The number of aromatic hydroxyl groups is 3. The number of ketones is 1. The Kier molecular flexibility index (Phi) is 3.75. The molecule has 0 aliphatic carbocycles. The second-order valence-electron chi connectivity index (χ2n) is 4.38. The van der Waals surface area contributed by atoms with E-state index < -0.39 is 16.7 Å². The molecule has 2 aromatic carbocycles. The zero-order valence-electron chi connectivity index (χ0n) is 10.6. The van der Waals surface area contributed by atoms with E-state index in [0.29, 0.717) is 0 Å². The molecule has 1 atom stereocenters. The van der Waals surface area contributed by atoms with E-state index in [9.17, 15) is 25.1 Å². The number of nitro groups is 1. The van der Waals surface area contributed by atoms with Crippen LogP contribution in [0.2, 0.25) is 0 Å². The Hall–Kier alpha value is -3.09. The maximum absolute atomic E-state index is 12.2. The quantitative estimate of drug-likeness (QED) is 0.449. The van der Waals surface area contributed by atoms with Crippen LogP contribution in [-0.4, -0.2) is 26.0 Å². The first-order valence-electron chi connectivity index (χ1n) is 5.88. The zero-order chi connectivity index (χ0) is 15.6. The topological polar surface area (TPSA) is 121 Å². The first-order chi connectivity index (χ1) is 9.88. The van der Waals surface area contributed by atoms with Gasteiger partial charge in [0.05, 0.1) is 0 Å². The molecule has 0 aromatic heterocycles. The number of carbonyl (C=O) groups is 1. The number of phenolic OH excluding ortho intramolecular Hbond substituents is 3. The Labute approximate surface area is 118 Å². The maximum Gasteiger partial charge on any atom is 0.300 e. The van der Waals surface area contributed by atoms with Gasteiger partial charge in [0.2, 0.25) is 5.78 Å². The van der Waals surface area contributed by atoms with Crippen molar-refractivity contribution in [2.24, 2.45) is 0 Å². The average Bonchev–Trinajstić information content (AvgIpc) is 2.37. The Balaban J connectivity index is 2.45. The largest absolute Gasteiger partial charge is 0.508 e. The van der Waals surface area contributed by atoms with E-state index in [1.54, 1.807) is 0 Å². The fraction of sp³-hybridized carbons (Fsp3) is 0.0714. The van der Waals surface area contributed by atoms with Gasteiger partial charge in [0.1, 0.15) is 17.2 Å². The van der Waals surface area contributed by atoms with Crippen molar-refractivity contribution in [2.75, 3.05) is 0 Å². The average molecular weight is 289 g/mol. The highest BCUT2D eigenvalue weighted by Gasteiger charge is 2.33. The summed E-state index contributed by atoms with van der Waals surface area (Å²) in [5.74, 6) is -1.64. The molecule has 108 valence electrons. The van der Waals surface area contributed by atoms with E-state index in [1.165, 1.54) is 24.3 Å². The summed E-state index contributed by atoms with van der Waals surface area (Å²) in [5, 5.41) is 39.1. The van der Waals surface area contributed by atoms with Crippen molar-refractivity contribution in [1.82, 2.24) is 0 Å². The summed E-state index contributed by atoms with van der Waals surface area (Å²) in [7, 11) is 0. The molecule has 0 saturated carbocycles. The minimum Gasteiger partial charge on any atom is -0.508 e. The zero-order valence-corrected chi connectivity index (χ0v) is 10.6. The summed E-state index contributed by atoms with van der Waals surface area (Å²) in [5.41, 5.74) is -0.0899. The third kappa shape index (κ3) is 3.08. The molecule has 0 heterocycles. The molecule has 7 nitrogen and oxygen atoms in total. The molecule has 0 bridgehead atoms. The van der Waals surface area contributed by atoms with E-state index in [1.807, 2.05) is 0 Å². The summed E-state index contributed by atoms with van der Waals surface area (Å²) >= 11 is 0. The summed E-state index contributed by atoms with van der Waals surface area (Å²) in [6.07, 6.45) is 0. The number of nitrogens with zero attached hydrogens (tertiary/aromatic N) is 1. The second-order valence-corrected chi connectivity index (χ2v) is 4.38. The van der Waals surface area contributed by atoms with Crippen LogP contribution in [0.15, 0.2) is 42.5 Å². The number of rotatable bonds is 4. The molecule has 0 radical (unpaired) electrons. The molecule has 21 heavy (non-hydrogen) atoms. The summed E-state index contributed by atoms with van der Waals surface area (Å²) < 4.78 is 0. The number of hydrogen-bond acceptors (Lipinski definition) is 6. The molecule has 0 saturated heterocycles. The maximum atomic E-state index is 12.2. The van der Waals surface area contributed by atoms with Crippen molar-refractivity contribution >= 4 is 5.78 Å². The van der Waals surface area contributed by atoms with Crippen LogP contribution < -0.4 is 0 Å². The van der Waals surface area contributed by atoms with Crippen molar-refractivity contribution in [3.63, 3.8) is 0 Å². The Bertz CT molecular complexity index is 675. The highest BCUT2D eigenvalue weighted by Crippen LogP contribution is 2.29. The molecular weight excluding hydrogens is 278 g/mol. The molecule has 0 aliphatic heterocycles. The van der Waals surface area contributed by atoms with Crippen LogP contribution >= 0.6 is 0 Å². The molecular formula is C14H11NO6. The highest BCUT2D eigenvalue weighted by molar-refractivity contribution is 6.00. The number of Topliss-reactive ketones (excluding diaryl/α,β-unsaturated/α-hetero) is 1. The van der Waals surface area contributed by atoms with Gasteiger partial charge in [-0.3, -0.25) is 14.9 Å². The molecule has 0 fully saturated rings. The Morgan fingerprint density at radius 2 is 1.48 bits per heavy atom. The van der Waals surface area contributed by atoms with Gasteiger partial charge in [0.25, 0.3) is 6.04 Å². The third-order valence-electron chi connectivity index (χ3n) is 2.85. The predicted octanol–water partition coefficient (Wildman–Crippen LogP) is 2.00. The van der Waals surface area contributed by atoms with Crippen LogP contribution in [0.3, 0.4) is 0 Å². The van der Waals surface area contributed by atoms with Gasteiger partial charge in [-0.1, -0.05) is 0 Å². The van der Waals surface area contributed by atoms with Gasteiger partial charge in [-0.15, -0.1) is 0 Å². The first-order valence-corrected chi connectivity index (χ1v) is 5.88. The normalized spacial score (nSPS) is 11.8. The van der Waals surface area contributed by atoms with E-state index in [-0.39, 0.29) is 28.4 Å². The van der Waals surface area contributed by atoms with Crippen LogP contribution in [0.25, 0.3) is 0 Å². The van der Waals surface area contributed by atoms with Crippen LogP contribution in [0.4, 0.5) is 0 Å². The van der Waals surface area contributed by atoms with Gasteiger partial charge in [-0.05, 0) is 36.4 Å². The highest BCUT2D eigenvalue weighted by atomic mass is 16.6. The second kappa shape index (κ2) is 5.49. The summed E-state index contributed by atoms with van der Waals surface area (Å²) in [6.45, 7) is 0. The molecule has 0 spiro atoms. The number of benzene rings is 2. The monoisotopic (exact) mass is 289 g/mol. The van der Waals surface area contributed by atoms with E-state index in [0.717, 1.165) is 18.2 Å². The van der Waals surface area contributed by atoms with Crippen LogP contribution in [-0.2, 0) is 0 Å². The molecule has 3 N–H and O–H groups in total. The van der Waals surface area contributed by atoms with Gasteiger partial charge in [0.15, 0.2) is 0 Å². The van der Waals surface area contributed by atoms with Crippen molar-refractivity contribution in [3.8, 4) is 17.2 Å². The van der Waals surface area contributed by atoms with Crippen molar-refractivity contribution < 1.29 is 25.0 Å². The van der Waals surface area contributed by atoms with Gasteiger partial charge >= 0.3 is 0 Å². The Morgan fingerprint density at radius 3 is 1.95 bits per heavy atom. The standard InChI is InChI=1S/C14H11NO6/c16-10-3-1-8(2-4-10)14(19)13(15(20)21)9-5-11(17)7-12(18)6-9/h1-7,13,16-18H. The number of phenols is 3. The van der Waals surface area contributed by atoms with Gasteiger partial charge < -0.3 is 15.3 Å². The minimum absolute atomic E-state index is 0.0392. The number of carbonyl (C=O) groups excluding carboxylic acids is 1. The lowest BCUT2D eigenvalue weighted by Crippen LogP contribution is -2.21. The van der Waals surface area contributed by atoms with Crippen LogP contribution in [0.1, 0.15) is 22.0 Å². The molecule has 1 unspecified atom stereocenters. The van der Waals surface area contributed by atoms with Crippen LogP contribution in [0, 0.1) is 10.1 Å². The third-order valence-corrected chi connectivity index (χ3v) is 2.85. The fourth-order valence-electron chi connectivity index (χ4n) is 1.93. The number of hydrogen-bond donors (Lipinski definition) is 3. The smallest absolute Gasteiger partial charge is 0.300 e. The molecule has 2 aromatic rings. The summed E-state index contributed by atoms with van der Waals surface area (Å²) in [6, 6.07) is 6.34. The van der Waals surface area contributed by atoms with E-state index in [2.05, 4.69) is 0 Å². The predicted molar refractivity (Wildman–Crippen MR) is 71.9 cm³/mol. The van der Waals surface area contributed by atoms with Gasteiger partial charge in [-0.2, -0.15) is 0 Å². The van der Waals surface area contributed by atoms with E-state index >= 15 is 0 Å². The lowest BCUT2D eigenvalue weighted by atomic mass is 9.97. The molecule has 7 heteroatoms. The van der Waals surface area contributed by atoms with Gasteiger partial charge in [-0.25, -0.2) is 0 Å². The van der Waals surface area contributed by atoms with Crippen molar-refractivity contribution in [1.29, 1.82) is 0 Å². The fourth-order valence-corrected chi connectivity index (χ4v) is 1.93. The van der Waals surface area contributed by atoms with Gasteiger partial charge in [0, 0.05) is 22.1 Å². The Morgan fingerprint density at radius 1 is 0.952 bits per heavy atom. The SMILES string of the molecule is O=C(c1ccc(O)cc1)C(c1cc(O)cc(O)c1)[N+](=O)[O-].